The fraction of sp³-hybridized carbons (Fsp3) is 0.174. The highest BCUT2D eigenvalue weighted by atomic mass is 16.2. The maximum absolute atomic E-state index is 12.4. The Morgan fingerprint density at radius 1 is 0.857 bits per heavy atom. The summed E-state index contributed by atoms with van der Waals surface area (Å²) in [5.74, 6) is -0.522. The SMILES string of the molecule is Cc1cccc(CNC(=O)c2ccnc(C(=O)NCCc3ccccc3)c2)c1. The zero-order valence-corrected chi connectivity index (χ0v) is 15.8. The number of carbonyl (C=O) groups is 2. The highest BCUT2D eigenvalue weighted by Gasteiger charge is 2.11. The van der Waals surface area contributed by atoms with Gasteiger partial charge >= 0.3 is 0 Å². The summed E-state index contributed by atoms with van der Waals surface area (Å²) in [5, 5.41) is 5.72. The summed E-state index contributed by atoms with van der Waals surface area (Å²) in [7, 11) is 0. The zero-order valence-electron chi connectivity index (χ0n) is 15.8. The van der Waals surface area contributed by atoms with Gasteiger partial charge in [0.2, 0.25) is 0 Å². The van der Waals surface area contributed by atoms with Crippen LogP contribution in [0, 0.1) is 6.92 Å². The molecule has 0 fully saturated rings. The van der Waals surface area contributed by atoms with Gasteiger partial charge in [0.1, 0.15) is 5.69 Å². The van der Waals surface area contributed by atoms with Gasteiger partial charge in [0, 0.05) is 24.8 Å². The van der Waals surface area contributed by atoms with Crippen LogP contribution < -0.4 is 10.6 Å². The van der Waals surface area contributed by atoms with Crippen LogP contribution >= 0.6 is 0 Å². The summed E-state index contributed by atoms with van der Waals surface area (Å²) in [6, 6.07) is 21.0. The summed E-state index contributed by atoms with van der Waals surface area (Å²) in [4.78, 5) is 28.8. The molecule has 0 atom stereocenters. The second kappa shape index (κ2) is 9.46. The molecular formula is C23H23N3O2. The van der Waals surface area contributed by atoms with Gasteiger partial charge < -0.3 is 10.6 Å². The predicted octanol–water partition coefficient (Wildman–Crippen LogP) is 3.29. The number of aryl methyl sites for hydroxylation is 1. The molecule has 0 saturated carbocycles. The standard InChI is InChI=1S/C23H23N3O2/c1-17-6-5-9-19(14-17)16-26-22(27)20-11-13-24-21(15-20)23(28)25-12-10-18-7-3-2-4-8-18/h2-9,11,13-15H,10,12,16H2,1H3,(H,25,28)(H,26,27). The summed E-state index contributed by atoms with van der Waals surface area (Å²) in [6.07, 6.45) is 2.22. The lowest BCUT2D eigenvalue weighted by Crippen LogP contribution is -2.27. The Kier molecular flexibility index (Phi) is 6.52. The van der Waals surface area contributed by atoms with E-state index in [0.29, 0.717) is 18.7 Å². The average Bonchev–Trinajstić information content (AvgIpc) is 2.73. The number of carbonyl (C=O) groups excluding carboxylic acids is 2. The minimum absolute atomic E-state index is 0.233. The van der Waals surface area contributed by atoms with Crippen molar-refractivity contribution in [2.24, 2.45) is 0 Å². The van der Waals surface area contributed by atoms with Gasteiger partial charge in [0.05, 0.1) is 0 Å². The molecule has 2 N–H and O–H groups in total. The van der Waals surface area contributed by atoms with E-state index in [1.165, 1.54) is 12.3 Å². The molecule has 0 bridgehead atoms. The summed E-state index contributed by atoms with van der Waals surface area (Å²) >= 11 is 0. The van der Waals surface area contributed by atoms with E-state index in [1.807, 2.05) is 61.5 Å². The van der Waals surface area contributed by atoms with Gasteiger partial charge in [-0.3, -0.25) is 14.6 Å². The molecule has 0 saturated heterocycles. The van der Waals surface area contributed by atoms with E-state index >= 15 is 0 Å². The van der Waals surface area contributed by atoms with Crippen LogP contribution in [0.5, 0.6) is 0 Å². The molecule has 0 unspecified atom stereocenters. The lowest BCUT2D eigenvalue weighted by atomic mass is 10.1. The van der Waals surface area contributed by atoms with Crippen molar-refractivity contribution in [3.8, 4) is 0 Å². The number of amides is 2. The van der Waals surface area contributed by atoms with Crippen molar-refractivity contribution >= 4 is 11.8 Å². The quantitative estimate of drug-likeness (QED) is 0.668. The van der Waals surface area contributed by atoms with Gasteiger partial charge in [-0.25, -0.2) is 0 Å². The average molecular weight is 373 g/mol. The first kappa shape index (κ1) is 19.3. The Bertz CT molecular complexity index is 955. The largest absolute Gasteiger partial charge is 0.350 e. The van der Waals surface area contributed by atoms with Crippen molar-refractivity contribution < 1.29 is 9.59 Å². The normalized spacial score (nSPS) is 10.3. The first-order valence-corrected chi connectivity index (χ1v) is 9.24. The van der Waals surface area contributed by atoms with E-state index < -0.39 is 0 Å². The Morgan fingerprint density at radius 3 is 2.43 bits per heavy atom. The number of hydrogen-bond acceptors (Lipinski definition) is 3. The molecule has 2 amide bonds. The van der Waals surface area contributed by atoms with E-state index in [0.717, 1.165) is 23.1 Å². The van der Waals surface area contributed by atoms with E-state index in [2.05, 4.69) is 15.6 Å². The fourth-order valence-electron chi connectivity index (χ4n) is 2.86. The molecule has 3 rings (SSSR count). The molecule has 1 aromatic heterocycles. The number of pyridine rings is 1. The van der Waals surface area contributed by atoms with Gasteiger partial charge in [-0.15, -0.1) is 0 Å². The molecule has 5 nitrogen and oxygen atoms in total. The van der Waals surface area contributed by atoms with Gasteiger partial charge in [0.15, 0.2) is 0 Å². The maximum atomic E-state index is 12.4. The van der Waals surface area contributed by atoms with Gasteiger partial charge in [-0.2, -0.15) is 0 Å². The van der Waals surface area contributed by atoms with E-state index in [4.69, 9.17) is 0 Å². The highest BCUT2D eigenvalue weighted by molar-refractivity contribution is 5.98. The number of rotatable bonds is 7. The second-order valence-electron chi connectivity index (χ2n) is 6.59. The lowest BCUT2D eigenvalue weighted by Gasteiger charge is -2.08. The maximum Gasteiger partial charge on any atom is 0.269 e. The van der Waals surface area contributed by atoms with E-state index in [9.17, 15) is 9.59 Å². The Hall–Kier alpha value is -3.47. The van der Waals surface area contributed by atoms with Crippen LogP contribution in [0.2, 0.25) is 0 Å². The molecule has 0 aliphatic heterocycles. The molecule has 142 valence electrons. The Morgan fingerprint density at radius 2 is 1.64 bits per heavy atom. The van der Waals surface area contributed by atoms with E-state index in [-0.39, 0.29) is 17.5 Å². The van der Waals surface area contributed by atoms with E-state index in [1.54, 1.807) is 6.07 Å². The lowest BCUT2D eigenvalue weighted by molar-refractivity contribution is 0.0949. The van der Waals surface area contributed by atoms with Crippen molar-refractivity contribution in [1.29, 1.82) is 0 Å². The third kappa shape index (κ3) is 5.51. The molecule has 0 aliphatic rings. The van der Waals surface area contributed by atoms with Gasteiger partial charge in [-0.1, -0.05) is 60.2 Å². The third-order valence-electron chi connectivity index (χ3n) is 4.33. The van der Waals surface area contributed by atoms with Crippen LogP contribution in [0.4, 0.5) is 0 Å². The molecule has 2 aromatic carbocycles. The number of aromatic nitrogens is 1. The minimum Gasteiger partial charge on any atom is -0.350 e. The zero-order chi connectivity index (χ0) is 19.8. The molecule has 28 heavy (non-hydrogen) atoms. The smallest absolute Gasteiger partial charge is 0.269 e. The molecule has 0 aliphatic carbocycles. The molecule has 3 aromatic rings. The molecule has 5 heteroatoms. The highest BCUT2D eigenvalue weighted by Crippen LogP contribution is 2.06. The Balaban J connectivity index is 1.55. The number of nitrogens with one attached hydrogen (secondary N) is 2. The summed E-state index contributed by atoms with van der Waals surface area (Å²) in [5.41, 5.74) is 3.97. The number of nitrogens with zero attached hydrogens (tertiary/aromatic N) is 1. The topological polar surface area (TPSA) is 71.1 Å². The van der Waals surface area contributed by atoms with Crippen molar-refractivity contribution in [1.82, 2.24) is 15.6 Å². The number of hydrogen-bond donors (Lipinski definition) is 2. The van der Waals surface area contributed by atoms with Crippen LogP contribution in [0.15, 0.2) is 72.9 Å². The van der Waals surface area contributed by atoms with Crippen LogP contribution in [0.25, 0.3) is 0 Å². The number of benzene rings is 2. The monoisotopic (exact) mass is 373 g/mol. The first-order chi connectivity index (χ1) is 13.6. The van der Waals surface area contributed by atoms with Crippen LogP contribution in [-0.2, 0) is 13.0 Å². The fourth-order valence-corrected chi connectivity index (χ4v) is 2.86. The minimum atomic E-state index is -0.288. The summed E-state index contributed by atoms with van der Waals surface area (Å²) < 4.78 is 0. The molecule has 1 heterocycles. The van der Waals surface area contributed by atoms with Crippen molar-refractivity contribution in [3.63, 3.8) is 0 Å². The van der Waals surface area contributed by atoms with Crippen LogP contribution in [0.1, 0.15) is 37.5 Å². The van der Waals surface area contributed by atoms with Crippen molar-refractivity contribution in [2.45, 2.75) is 19.9 Å². The van der Waals surface area contributed by atoms with Crippen LogP contribution in [0.3, 0.4) is 0 Å². The Labute approximate surface area is 164 Å². The third-order valence-corrected chi connectivity index (χ3v) is 4.33. The first-order valence-electron chi connectivity index (χ1n) is 9.24. The second-order valence-corrected chi connectivity index (χ2v) is 6.59. The van der Waals surface area contributed by atoms with Crippen molar-refractivity contribution in [2.75, 3.05) is 6.54 Å². The summed E-state index contributed by atoms with van der Waals surface area (Å²) in [6.45, 7) is 2.95. The molecule has 0 spiro atoms. The van der Waals surface area contributed by atoms with Crippen LogP contribution in [-0.4, -0.2) is 23.3 Å². The van der Waals surface area contributed by atoms with Gasteiger partial charge in [-0.05, 0) is 36.6 Å². The van der Waals surface area contributed by atoms with Crippen molar-refractivity contribution in [3.05, 3.63) is 101 Å². The predicted molar refractivity (Wildman–Crippen MR) is 109 cm³/mol. The van der Waals surface area contributed by atoms with Gasteiger partial charge in [0.25, 0.3) is 11.8 Å². The molecule has 0 radical (unpaired) electrons. The molecular weight excluding hydrogens is 350 g/mol.